The third-order valence-corrected chi connectivity index (χ3v) is 3.82. The number of anilines is 1. The molecule has 1 unspecified atom stereocenters. The fourth-order valence-electron chi connectivity index (χ4n) is 1.90. The molecule has 1 aromatic carbocycles. The Morgan fingerprint density at radius 1 is 1.33 bits per heavy atom. The van der Waals surface area contributed by atoms with Crippen molar-refractivity contribution in [2.24, 2.45) is 0 Å². The molecule has 0 aliphatic heterocycles. The second kappa shape index (κ2) is 7.85. The number of hydrogen-bond acceptors (Lipinski definition) is 5. The first-order valence-corrected chi connectivity index (χ1v) is 7.75. The summed E-state index contributed by atoms with van der Waals surface area (Å²) >= 11 is 1.34. The van der Waals surface area contributed by atoms with Crippen LogP contribution < -0.4 is 5.32 Å². The number of amides is 1. The molecule has 0 saturated carbocycles. The standard InChI is InChI=1S/C15H19N3O2S/c1-3-20-10-14-17-18-15(21-14)16-13(19)9-11(2)12-7-5-4-6-8-12/h4-8,11H,3,9-10H2,1-2H3,(H,16,18,19). The fraction of sp³-hybridized carbons (Fsp3) is 0.400. The molecule has 0 bridgehead atoms. The van der Waals surface area contributed by atoms with E-state index in [1.54, 1.807) is 0 Å². The lowest BCUT2D eigenvalue weighted by Crippen LogP contribution is -2.14. The van der Waals surface area contributed by atoms with E-state index in [9.17, 15) is 4.79 Å². The van der Waals surface area contributed by atoms with E-state index in [-0.39, 0.29) is 11.8 Å². The maximum absolute atomic E-state index is 12.0. The van der Waals surface area contributed by atoms with E-state index >= 15 is 0 Å². The molecule has 1 N–H and O–H groups in total. The molecule has 1 heterocycles. The van der Waals surface area contributed by atoms with Gasteiger partial charge in [0.2, 0.25) is 11.0 Å². The van der Waals surface area contributed by atoms with Crippen molar-refractivity contribution < 1.29 is 9.53 Å². The van der Waals surface area contributed by atoms with Crippen LogP contribution in [0, 0.1) is 0 Å². The van der Waals surface area contributed by atoms with Crippen molar-refractivity contribution >= 4 is 22.4 Å². The van der Waals surface area contributed by atoms with Crippen LogP contribution in [0.25, 0.3) is 0 Å². The summed E-state index contributed by atoms with van der Waals surface area (Å²) in [6.07, 6.45) is 0.421. The number of nitrogens with one attached hydrogen (secondary N) is 1. The third-order valence-electron chi connectivity index (χ3n) is 3.00. The maximum Gasteiger partial charge on any atom is 0.226 e. The van der Waals surface area contributed by atoms with E-state index in [0.717, 1.165) is 10.6 Å². The highest BCUT2D eigenvalue weighted by Crippen LogP contribution is 2.21. The smallest absolute Gasteiger partial charge is 0.226 e. The zero-order valence-electron chi connectivity index (χ0n) is 12.2. The number of aromatic nitrogens is 2. The van der Waals surface area contributed by atoms with Crippen LogP contribution in [-0.2, 0) is 16.1 Å². The summed E-state index contributed by atoms with van der Waals surface area (Å²) in [7, 11) is 0. The van der Waals surface area contributed by atoms with Gasteiger partial charge in [-0.25, -0.2) is 0 Å². The normalized spacial score (nSPS) is 12.1. The number of rotatable bonds is 7. The molecular weight excluding hydrogens is 286 g/mol. The summed E-state index contributed by atoms with van der Waals surface area (Å²) in [5.41, 5.74) is 1.15. The molecule has 6 heteroatoms. The third kappa shape index (κ3) is 4.91. The van der Waals surface area contributed by atoms with Crippen LogP contribution in [0.15, 0.2) is 30.3 Å². The van der Waals surface area contributed by atoms with Crippen LogP contribution in [0.3, 0.4) is 0 Å². The second-order valence-electron chi connectivity index (χ2n) is 4.70. The van der Waals surface area contributed by atoms with Gasteiger partial charge in [0.05, 0.1) is 0 Å². The van der Waals surface area contributed by atoms with Crippen molar-refractivity contribution in [3.05, 3.63) is 40.9 Å². The minimum Gasteiger partial charge on any atom is -0.374 e. The van der Waals surface area contributed by atoms with Gasteiger partial charge in [-0.2, -0.15) is 0 Å². The van der Waals surface area contributed by atoms with Crippen LogP contribution in [0.1, 0.15) is 36.8 Å². The molecule has 0 saturated heterocycles. The van der Waals surface area contributed by atoms with E-state index in [4.69, 9.17) is 4.74 Å². The van der Waals surface area contributed by atoms with Crippen LogP contribution in [0.4, 0.5) is 5.13 Å². The van der Waals surface area contributed by atoms with Crippen LogP contribution in [-0.4, -0.2) is 22.7 Å². The Bertz CT molecular complexity index is 571. The monoisotopic (exact) mass is 305 g/mol. The Labute approximate surface area is 128 Å². The van der Waals surface area contributed by atoms with Gasteiger partial charge in [-0.1, -0.05) is 48.6 Å². The van der Waals surface area contributed by atoms with Gasteiger partial charge in [0.25, 0.3) is 0 Å². The van der Waals surface area contributed by atoms with Crippen molar-refractivity contribution in [1.29, 1.82) is 0 Å². The highest BCUT2D eigenvalue weighted by molar-refractivity contribution is 7.15. The number of carbonyl (C=O) groups is 1. The van der Waals surface area contributed by atoms with Crippen molar-refractivity contribution in [2.45, 2.75) is 32.8 Å². The minimum atomic E-state index is -0.0505. The van der Waals surface area contributed by atoms with Crippen LogP contribution in [0.5, 0.6) is 0 Å². The van der Waals surface area contributed by atoms with Crippen molar-refractivity contribution in [2.75, 3.05) is 11.9 Å². The molecule has 2 aromatic rings. The van der Waals surface area contributed by atoms with Gasteiger partial charge >= 0.3 is 0 Å². The summed E-state index contributed by atoms with van der Waals surface area (Å²) in [6, 6.07) is 9.99. The van der Waals surface area contributed by atoms with Crippen molar-refractivity contribution in [3.63, 3.8) is 0 Å². The SMILES string of the molecule is CCOCc1nnc(NC(=O)CC(C)c2ccccc2)s1. The Morgan fingerprint density at radius 2 is 2.10 bits per heavy atom. The van der Waals surface area contributed by atoms with Gasteiger partial charge in [0.15, 0.2) is 0 Å². The summed E-state index contributed by atoms with van der Waals surface area (Å²) in [5.74, 6) is 0.118. The summed E-state index contributed by atoms with van der Waals surface area (Å²) < 4.78 is 5.26. The van der Waals surface area contributed by atoms with Crippen molar-refractivity contribution in [3.8, 4) is 0 Å². The van der Waals surface area contributed by atoms with Gasteiger partial charge < -0.3 is 10.1 Å². The molecule has 0 aliphatic rings. The summed E-state index contributed by atoms with van der Waals surface area (Å²) in [5, 5.41) is 12.0. The molecule has 0 aliphatic carbocycles. The predicted octanol–water partition coefficient (Wildman–Crippen LogP) is 3.21. The maximum atomic E-state index is 12.0. The molecule has 0 fully saturated rings. The topological polar surface area (TPSA) is 64.1 Å². The summed E-state index contributed by atoms with van der Waals surface area (Å²) in [6.45, 7) is 5.03. The van der Waals surface area contributed by atoms with Gasteiger partial charge in [-0.15, -0.1) is 10.2 Å². The average Bonchev–Trinajstić information content (AvgIpc) is 2.93. The second-order valence-corrected chi connectivity index (χ2v) is 5.76. The quantitative estimate of drug-likeness (QED) is 0.853. The van der Waals surface area contributed by atoms with Crippen LogP contribution in [0.2, 0.25) is 0 Å². The predicted molar refractivity (Wildman–Crippen MR) is 83.3 cm³/mol. The molecule has 1 aromatic heterocycles. The van der Waals surface area contributed by atoms with Crippen molar-refractivity contribution in [1.82, 2.24) is 10.2 Å². The van der Waals surface area contributed by atoms with Gasteiger partial charge in [0.1, 0.15) is 11.6 Å². The number of nitrogens with zero attached hydrogens (tertiary/aromatic N) is 2. The molecule has 0 spiro atoms. The first-order valence-electron chi connectivity index (χ1n) is 6.94. The largest absolute Gasteiger partial charge is 0.374 e. The van der Waals surface area contributed by atoms with E-state index in [0.29, 0.717) is 24.8 Å². The zero-order chi connectivity index (χ0) is 15.1. The van der Waals surface area contributed by atoms with E-state index in [1.165, 1.54) is 11.3 Å². The van der Waals surface area contributed by atoms with Gasteiger partial charge in [-0.05, 0) is 18.4 Å². The molecule has 21 heavy (non-hydrogen) atoms. The Kier molecular flexibility index (Phi) is 5.83. The first kappa shape index (κ1) is 15.6. The molecule has 5 nitrogen and oxygen atoms in total. The number of benzene rings is 1. The van der Waals surface area contributed by atoms with Gasteiger partial charge in [0, 0.05) is 13.0 Å². The number of hydrogen-bond donors (Lipinski definition) is 1. The average molecular weight is 305 g/mol. The summed E-state index contributed by atoms with van der Waals surface area (Å²) in [4.78, 5) is 12.0. The minimum absolute atomic E-state index is 0.0505. The Balaban J connectivity index is 1.85. The van der Waals surface area contributed by atoms with Gasteiger partial charge in [-0.3, -0.25) is 4.79 Å². The van der Waals surface area contributed by atoms with E-state index in [2.05, 4.69) is 15.5 Å². The van der Waals surface area contributed by atoms with E-state index < -0.39 is 0 Å². The highest BCUT2D eigenvalue weighted by atomic mass is 32.1. The molecule has 1 atom stereocenters. The fourth-order valence-corrected chi connectivity index (χ4v) is 2.59. The molecule has 1 amide bonds. The van der Waals surface area contributed by atoms with E-state index in [1.807, 2.05) is 44.2 Å². The lowest BCUT2D eigenvalue weighted by Gasteiger charge is -2.10. The Morgan fingerprint density at radius 3 is 2.81 bits per heavy atom. The first-order chi connectivity index (χ1) is 10.2. The molecule has 112 valence electrons. The number of ether oxygens (including phenoxy) is 1. The lowest BCUT2D eigenvalue weighted by molar-refractivity contribution is -0.116. The molecular formula is C15H19N3O2S. The number of carbonyl (C=O) groups excluding carboxylic acids is 1. The Hall–Kier alpha value is -1.79. The highest BCUT2D eigenvalue weighted by Gasteiger charge is 2.13. The lowest BCUT2D eigenvalue weighted by atomic mass is 9.98. The molecule has 2 rings (SSSR count). The zero-order valence-corrected chi connectivity index (χ0v) is 13.0. The van der Waals surface area contributed by atoms with Crippen LogP contribution >= 0.6 is 11.3 Å². The molecule has 0 radical (unpaired) electrons.